The van der Waals surface area contributed by atoms with Crippen LogP contribution >= 0.6 is 0 Å². The molecule has 0 amide bonds. The Morgan fingerprint density at radius 1 is 1.03 bits per heavy atom. The summed E-state index contributed by atoms with van der Waals surface area (Å²) in [5.41, 5.74) is 1.34. The fraction of sp³-hybridized carbons (Fsp3) is 0.577. The Labute approximate surface area is 178 Å². The van der Waals surface area contributed by atoms with Crippen molar-refractivity contribution in [3.63, 3.8) is 0 Å². The molecule has 1 unspecified atom stereocenters. The Kier molecular flexibility index (Phi) is 4.43. The molecule has 0 radical (unpaired) electrons. The summed E-state index contributed by atoms with van der Waals surface area (Å²) < 4.78 is 10.9. The van der Waals surface area contributed by atoms with Gasteiger partial charge in [-0.3, -0.25) is 0 Å². The summed E-state index contributed by atoms with van der Waals surface area (Å²) in [5, 5.41) is 9.09. The molecule has 0 spiro atoms. The normalized spacial score (nSPS) is 38.9. The molecular weight excluding hydrogens is 376 g/mol. The summed E-state index contributed by atoms with van der Waals surface area (Å²) in [4.78, 5) is 11.1. The van der Waals surface area contributed by atoms with Crippen LogP contribution in [0.3, 0.4) is 0 Å². The molecule has 5 aliphatic carbocycles. The van der Waals surface area contributed by atoms with Crippen molar-refractivity contribution in [2.75, 3.05) is 6.79 Å². The van der Waals surface area contributed by atoms with Crippen molar-refractivity contribution in [2.45, 2.75) is 38.5 Å². The molecule has 3 fully saturated rings. The molecule has 1 aromatic carbocycles. The highest BCUT2D eigenvalue weighted by molar-refractivity contribution is 5.79. The lowest BCUT2D eigenvalue weighted by Gasteiger charge is -2.59. The molecular formula is C26H30O4. The van der Waals surface area contributed by atoms with Gasteiger partial charge in [0.2, 0.25) is 6.79 Å². The molecule has 1 heterocycles. The summed E-state index contributed by atoms with van der Waals surface area (Å²) in [5.74, 6) is 6.87. The number of aliphatic carboxylic acids is 1. The van der Waals surface area contributed by atoms with Crippen LogP contribution in [0.25, 0.3) is 0 Å². The van der Waals surface area contributed by atoms with Gasteiger partial charge < -0.3 is 14.6 Å². The molecule has 30 heavy (non-hydrogen) atoms. The lowest BCUT2D eigenvalue weighted by Crippen LogP contribution is -2.55. The highest BCUT2D eigenvalue weighted by Crippen LogP contribution is 2.72. The SMILES string of the molecule is O=C(O)/C=C/C1[C@@H]2C=C[C@H]3[C@H]4[C@@H](C[C@@H]13)[C@H](CCCCCc1ccc3c(c1)OCO3)[C@@H]42. The van der Waals surface area contributed by atoms with Gasteiger partial charge in [0.1, 0.15) is 0 Å². The van der Waals surface area contributed by atoms with E-state index < -0.39 is 5.97 Å². The number of carbonyl (C=O) groups is 1. The van der Waals surface area contributed by atoms with Crippen molar-refractivity contribution in [2.24, 2.45) is 47.3 Å². The average Bonchev–Trinajstić information content (AvgIpc) is 3.28. The first-order valence-electron chi connectivity index (χ1n) is 11.7. The molecule has 0 aromatic heterocycles. The number of aryl methyl sites for hydroxylation is 1. The van der Waals surface area contributed by atoms with Crippen LogP contribution in [0, 0.1) is 47.3 Å². The maximum Gasteiger partial charge on any atom is 0.327 e. The number of carboxylic acids is 1. The van der Waals surface area contributed by atoms with Crippen molar-refractivity contribution in [1.29, 1.82) is 0 Å². The molecule has 7 rings (SSSR count). The maximum atomic E-state index is 11.1. The third kappa shape index (κ3) is 2.83. The van der Waals surface area contributed by atoms with Gasteiger partial charge in [-0.05, 0) is 90.7 Å². The van der Waals surface area contributed by atoms with Gasteiger partial charge in [0.25, 0.3) is 0 Å². The fourth-order valence-corrected chi connectivity index (χ4v) is 7.76. The standard InChI is InChI=1S/C26H30O4/c27-24(28)11-9-16-18-7-8-19-20(16)13-21-17(25(18)26(19)21)5-3-1-2-4-15-6-10-22-23(12-15)30-14-29-22/h6-12,16-21,25-26H,1-5,13-14H2,(H,27,28)/b11-9+/t16?,17-,18-,19+,20-,21-,25+,26-/m0/s1. The lowest BCUT2D eigenvalue weighted by atomic mass is 9.45. The number of rotatable bonds is 8. The van der Waals surface area contributed by atoms with E-state index in [0.29, 0.717) is 24.5 Å². The first-order chi connectivity index (χ1) is 14.7. The van der Waals surface area contributed by atoms with Crippen LogP contribution in [0.4, 0.5) is 0 Å². The minimum atomic E-state index is -0.804. The second kappa shape index (κ2) is 7.18. The third-order valence-electron chi connectivity index (χ3n) is 8.81. The molecule has 158 valence electrons. The van der Waals surface area contributed by atoms with Crippen LogP contribution in [-0.2, 0) is 11.2 Å². The minimum absolute atomic E-state index is 0.342. The first kappa shape index (κ1) is 18.5. The summed E-state index contributed by atoms with van der Waals surface area (Å²) in [6.45, 7) is 0.342. The Bertz CT molecular complexity index is 902. The predicted octanol–water partition coefficient (Wildman–Crippen LogP) is 5.09. The highest BCUT2D eigenvalue weighted by atomic mass is 16.7. The molecule has 0 saturated heterocycles. The zero-order valence-corrected chi connectivity index (χ0v) is 17.3. The number of benzene rings is 1. The van der Waals surface area contributed by atoms with Crippen molar-refractivity contribution in [3.8, 4) is 11.5 Å². The summed E-state index contributed by atoms with van der Waals surface area (Å²) in [6, 6.07) is 6.32. The van der Waals surface area contributed by atoms with E-state index in [2.05, 4.69) is 24.3 Å². The number of unbranched alkanes of at least 4 members (excludes halogenated alkanes) is 2. The van der Waals surface area contributed by atoms with E-state index in [9.17, 15) is 4.79 Å². The van der Waals surface area contributed by atoms with Crippen molar-refractivity contribution < 1.29 is 19.4 Å². The van der Waals surface area contributed by atoms with E-state index in [0.717, 1.165) is 47.5 Å². The Balaban J connectivity index is 1.03. The Hall–Kier alpha value is -2.23. The Morgan fingerprint density at radius 3 is 2.80 bits per heavy atom. The van der Waals surface area contributed by atoms with Crippen molar-refractivity contribution in [1.82, 2.24) is 0 Å². The molecule has 6 aliphatic rings. The van der Waals surface area contributed by atoms with Gasteiger partial charge in [0.15, 0.2) is 11.5 Å². The van der Waals surface area contributed by atoms with Crippen LogP contribution in [-0.4, -0.2) is 17.9 Å². The smallest absolute Gasteiger partial charge is 0.327 e. The fourth-order valence-electron chi connectivity index (χ4n) is 7.76. The second-order valence-corrected chi connectivity index (χ2v) is 9.98. The first-order valence-corrected chi connectivity index (χ1v) is 11.7. The average molecular weight is 407 g/mol. The van der Waals surface area contributed by atoms with Gasteiger partial charge in [-0.15, -0.1) is 0 Å². The molecule has 1 aliphatic heterocycles. The van der Waals surface area contributed by atoms with Gasteiger partial charge in [-0.25, -0.2) is 4.79 Å². The van der Waals surface area contributed by atoms with Crippen LogP contribution < -0.4 is 9.47 Å². The molecule has 4 heteroatoms. The van der Waals surface area contributed by atoms with E-state index in [1.54, 1.807) is 0 Å². The summed E-state index contributed by atoms with van der Waals surface area (Å²) >= 11 is 0. The van der Waals surface area contributed by atoms with Gasteiger partial charge >= 0.3 is 5.97 Å². The molecule has 8 atom stereocenters. The summed E-state index contributed by atoms with van der Waals surface area (Å²) in [7, 11) is 0. The monoisotopic (exact) mass is 406 g/mol. The molecule has 4 nitrogen and oxygen atoms in total. The van der Waals surface area contributed by atoms with Gasteiger partial charge in [0, 0.05) is 6.08 Å². The van der Waals surface area contributed by atoms with Crippen LogP contribution in [0.15, 0.2) is 42.5 Å². The molecule has 1 N–H and O–H groups in total. The number of hydrogen-bond acceptors (Lipinski definition) is 3. The van der Waals surface area contributed by atoms with Crippen molar-refractivity contribution in [3.05, 3.63) is 48.1 Å². The van der Waals surface area contributed by atoms with E-state index in [4.69, 9.17) is 14.6 Å². The Morgan fingerprint density at radius 2 is 1.90 bits per heavy atom. The van der Waals surface area contributed by atoms with E-state index in [1.165, 1.54) is 43.7 Å². The highest BCUT2D eigenvalue weighted by Gasteiger charge is 2.67. The molecule has 1 aromatic rings. The van der Waals surface area contributed by atoms with Crippen LogP contribution in [0.5, 0.6) is 11.5 Å². The van der Waals surface area contributed by atoms with E-state index in [-0.39, 0.29) is 0 Å². The number of carboxylic acid groups (broad SMARTS) is 1. The van der Waals surface area contributed by atoms with Crippen molar-refractivity contribution >= 4 is 5.97 Å². The van der Waals surface area contributed by atoms with Gasteiger partial charge in [-0.1, -0.05) is 37.1 Å². The van der Waals surface area contributed by atoms with E-state index in [1.807, 2.05) is 12.1 Å². The van der Waals surface area contributed by atoms with Crippen LogP contribution in [0.1, 0.15) is 37.7 Å². The quantitative estimate of drug-likeness (QED) is 0.371. The summed E-state index contributed by atoms with van der Waals surface area (Å²) in [6.07, 6.45) is 15.9. The predicted molar refractivity (Wildman–Crippen MR) is 113 cm³/mol. The largest absolute Gasteiger partial charge is 0.478 e. The van der Waals surface area contributed by atoms with Crippen LogP contribution in [0.2, 0.25) is 0 Å². The number of allylic oxidation sites excluding steroid dienone is 3. The topological polar surface area (TPSA) is 55.8 Å². The van der Waals surface area contributed by atoms with E-state index >= 15 is 0 Å². The number of hydrogen-bond donors (Lipinski definition) is 1. The zero-order chi connectivity index (χ0) is 20.2. The van der Waals surface area contributed by atoms with Gasteiger partial charge in [0.05, 0.1) is 0 Å². The second-order valence-electron chi connectivity index (χ2n) is 9.98. The molecule has 4 bridgehead atoms. The molecule has 3 saturated carbocycles. The van der Waals surface area contributed by atoms with Gasteiger partial charge in [-0.2, -0.15) is 0 Å². The number of ether oxygens (including phenoxy) is 2. The lowest BCUT2D eigenvalue weighted by molar-refractivity contribution is -0.131. The maximum absolute atomic E-state index is 11.1. The zero-order valence-electron chi connectivity index (χ0n) is 17.3. The third-order valence-corrected chi connectivity index (χ3v) is 8.81. The number of fused-ring (bicyclic) bond motifs is 1. The minimum Gasteiger partial charge on any atom is -0.478 e.